The van der Waals surface area contributed by atoms with Crippen molar-refractivity contribution in [3.8, 4) is 0 Å². The van der Waals surface area contributed by atoms with E-state index in [4.69, 9.17) is 0 Å². The molecule has 0 bridgehead atoms. The Morgan fingerprint density at radius 2 is 2.20 bits per heavy atom. The van der Waals surface area contributed by atoms with Crippen molar-refractivity contribution in [3.63, 3.8) is 0 Å². The molecule has 0 unspecified atom stereocenters. The number of fused-ring (bicyclic) bond motifs is 1. The van der Waals surface area contributed by atoms with Crippen LogP contribution in [0.15, 0.2) is 0 Å². The lowest BCUT2D eigenvalue weighted by Crippen LogP contribution is -2.51. The third-order valence-corrected chi connectivity index (χ3v) is 2.69. The Bertz CT molecular complexity index is 124. The topological polar surface area (TPSA) is 15.3 Å². The molecule has 10 heavy (non-hydrogen) atoms. The molecule has 2 fully saturated rings. The lowest BCUT2D eigenvalue weighted by atomic mass is 10.1. The van der Waals surface area contributed by atoms with Gasteiger partial charge in [-0.05, 0) is 32.7 Å². The van der Waals surface area contributed by atoms with E-state index in [1.165, 1.54) is 32.4 Å². The van der Waals surface area contributed by atoms with Gasteiger partial charge >= 0.3 is 0 Å². The molecule has 0 saturated carbocycles. The molecule has 2 aliphatic rings. The molecule has 0 amide bonds. The molecule has 0 aromatic rings. The van der Waals surface area contributed by atoms with Crippen molar-refractivity contribution in [1.82, 2.24) is 10.2 Å². The summed E-state index contributed by atoms with van der Waals surface area (Å²) >= 11 is 0. The van der Waals surface area contributed by atoms with Gasteiger partial charge < -0.3 is 0 Å². The fourth-order valence-corrected chi connectivity index (χ4v) is 2.05. The molecule has 2 heteroatoms. The van der Waals surface area contributed by atoms with Gasteiger partial charge in [0, 0.05) is 12.6 Å². The van der Waals surface area contributed by atoms with Crippen LogP contribution in [0.25, 0.3) is 0 Å². The van der Waals surface area contributed by atoms with Gasteiger partial charge in [0.15, 0.2) is 0 Å². The minimum Gasteiger partial charge on any atom is -0.299 e. The maximum absolute atomic E-state index is 3.60. The Balaban J connectivity index is 1.96. The standard InChI is InChI=1S/C8H16N2/c1-7-4-6-10-5-2-3-8(10)9-7/h7-9H,2-6H2,1H3/t7-,8-/m0/s1. The molecule has 0 aliphatic carbocycles. The van der Waals surface area contributed by atoms with E-state index in [0.29, 0.717) is 0 Å². The largest absolute Gasteiger partial charge is 0.299 e. The fraction of sp³-hybridized carbons (Fsp3) is 1.00. The second-order valence-electron chi connectivity index (χ2n) is 3.55. The van der Waals surface area contributed by atoms with E-state index in [2.05, 4.69) is 17.1 Å². The summed E-state index contributed by atoms with van der Waals surface area (Å²) in [5.74, 6) is 0. The molecule has 0 aromatic heterocycles. The Morgan fingerprint density at radius 1 is 1.30 bits per heavy atom. The van der Waals surface area contributed by atoms with Crippen LogP contribution >= 0.6 is 0 Å². The zero-order chi connectivity index (χ0) is 6.97. The predicted octanol–water partition coefficient (Wildman–Crippen LogP) is 0.790. The first-order valence-electron chi connectivity index (χ1n) is 4.36. The maximum Gasteiger partial charge on any atom is 0.0599 e. The van der Waals surface area contributed by atoms with Gasteiger partial charge in [-0.1, -0.05) is 0 Å². The highest BCUT2D eigenvalue weighted by Crippen LogP contribution is 2.19. The first-order valence-corrected chi connectivity index (χ1v) is 4.36. The van der Waals surface area contributed by atoms with E-state index in [-0.39, 0.29) is 0 Å². The molecule has 1 N–H and O–H groups in total. The summed E-state index contributed by atoms with van der Waals surface area (Å²) in [6.07, 6.45) is 4.81. The number of rotatable bonds is 0. The number of nitrogens with one attached hydrogen (secondary N) is 1. The Labute approximate surface area is 62.6 Å². The average Bonchev–Trinajstić information content (AvgIpc) is 2.33. The molecular weight excluding hydrogens is 124 g/mol. The van der Waals surface area contributed by atoms with Crippen LogP contribution in [0.1, 0.15) is 26.2 Å². The Hall–Kier alpha value is -0.0800. The van der Waals surface area contributed by atoms with Crippen molar-refractivity contribution < 1.29 is 0 Å². The highest BCUT2D eigenvalue weighted by molar-refractivity contribution is 4.84. The Kier molecular flexibility index (Phi) is 1.66. The third kappa shape index (κ3) is 1.06. The van der Waals surface area contributed by atoms with E-state index < -0.39 is 0 Å². The lowest BCUT2D eigenvalue weighted by Gasteiger charge is -2.34. The minimum atomic E-state index is 0.726. The van der Waals surface area contributed by atoms with E-state index in [9.17, 15) is 0 Å². The average molecular weight is 140 g/mol. The van der Waals surface area contributed by atoms with Crippen LogP contribution in [-0.2, 0) is 0 Å². The predicted molar refractivity (Wildman–Crippen MR) is 41.8 cm³/mol. The molecule has 2 heterocycles. The highest BCUT2D eigenvalue weighted by atomic mass is 15.3. The molecule has 0 radical (unpaired) electrons. The molecule has 2 atom stereocenters. The van der Waals surface area contributed by atoms with Crippen molar-refractivity contribution >= 4 is 0 Å². The van der Waals surface area contributed by atoms with Crippen LogP contribution in [0.5, 0.6) is 0 Å². The number of nitrogens with zero attached hydrogens (tertiary/aromatic N) is 1. The van der Waals surface area contributed by atoms with Gasteiger partial charge in [-0.2, -0.15) is 0 Å². The molecule has 58 valence electrons. The quantitative estimate of drug-likeness (QED) is 0.535. The minimum absolute atomic E-state index is 0.726. The van der Waals surface area contributed by atoms with E-state index in [1.54, 1.807) is 0 Å². The van der Waals surface area contributed by atoms with Crippen molar-refractivity contribution in [2.24, 2.45) is 0 Å². The SMILES string of the molecule is C[C@H]1CCN2CCC[C@H]2N1. The summed E-state index contributed by atoms with van der Waals surface area (Å²) in [5, 5.41) is 3.60. The van der Waals surface area contributed by atoms with Gasteiger partial charge in [-0.3, -0.25) is 10.2 Å². The van der Waals surface area contributed by atoms with E-state index >= 15 is 0 Å². The fourth-order valence-electron chi connectivity index (χ4n) is 2.05. The monoisotopic (exact) mass is 140 g/mol. The second-order valence-corrected chi connectivity index (χ2v) is 3.55. The summed E-state index contributed by atoms with van der Waals surface area (Å²) in [6.45, 7) is 4.93. The van der Waals surface area contributed by atoms with Crippen LogP contribution in [0.4, 0.5) is 0 Å². The lowest BCUT2D eigenvalue weighted by molar-refractivity contribution is 0.151. The summed E-state index contributed by atoms with van der Waals surface area (Å²) in [5.41, 5.74) is 0. The molecule has 2 nitrogen and oxygen atoms in total. The van der Waals surface area contributed by atoms with E-state index in [1.807, 2.05) is 0 Å². The summed E-state index contributed by atoms with van der Waals surface area (Å²) in [6, 6.07) is 0.749. The van der Waals surface area contributed by atoms with Crippen LogP contribution < -0.4 is 5.32 Å². The summed E-state index contributed by atoms with van der Waals surface area (Å²) < 4.78 is 0. The van der Waals surface area contributed by atoms with Gasteiger partial charge in [-0.15, -0.1) is 0 Å². The molecule has 2 saturated heterocycles. The summed E-state index contributed by atoms with van der Waals surface area (Å²) in [4.78, 5) is 2.57. The molecule has 0 spiro atoms. The van der Waals surface area contributed by atoms with Crippen molar-refractivity contribution in [3.05, 3.63) is 0 Å². The van der Waals surface area contributed by atoms with Crippen LogP contribution in [-0.4, -0.2) is 30.2 Å². The molecular formula is C8H16N2. The number of hydrogen-bond donors (Lipinski definition) is 1. The van der Waals surface area contributed by atoms with Crippen molar-refractivity contribution in [2.75, 3.05) is 13.1 Å². The molecule has 2 rings (SSSR count). The second kappa shape index (κ2) is 2.51. The van der Waals surface area contributed by atoms with Gasteiger partial charge in [0.2, 0.25) is 0 Å². The maximum atomic E-state index is 3.60. The molecule has 2 aliphatic heterocycles. The molecule has 0 aromatic carbocycles. The van der Waals surface area contributed by atoms with Gasteiger partial charge in [0.1, 0.15) is 0 Å². The van der Waals surface area contributed by atoms with Gasteiger partial charge in [-0.25, -0.2) is 0 Å². The van der Waals surface area contributed by atoms with Gasteiger partial charge in [0.05, 0.1) is 6.17 Å². The highest BCUT2D eigenvalue weighted by Gasteiger charge is 2.28. The van der Waals surface area contributed by atoms with Crippen molar-refractivity contribution in [2.45, 2.75) is 38.4 Å². The smallest absolute Gasteiger partial charge is 0.0599 e. The normalized spacial score (nSPS) is 41.7. The van der Waals surface area contributed by atoms with E-state index in [0.717, 1.165) is 12.2 Å². The zero-order valence-corrected chi connectivity index (χ0v) is 6.64. The first kappa shape index (κ1) is 6.62. The number of hydrogen-bond acceptors (Lipinski definition) is 2. The Morgan fingerprint density at radius 3 is 3.10 bits per heavy atom. The third-order valence-electron chi connectivity index (χ3n) is 2.69. The van der Waals surface area contributed by atoms with Crippen LogP contribution in [0.3, 0.4) is 0 Å². The summed E-state index contributed by atoms with van der Waals surface area (Å²) in [7, 11) is 0. The van der Waals surface area contributed by atoms with Gasteiger partial charge in [0.25, 0.3) is 0 Å². The van der Waals surface area contributed by atoms with Crippen molar-refractivity contribution in [1.29, 1.82) is 0 Å². The van der Waals surface area contributed by atoms with Crippen LogP contribution in [0.2, 0.25) is 0 Å². The van der Waals surface area contributed by atoms with Crippen LogP contribution in [0, 0.1) is 0 Å². The zero-order valence-electron chi connectivity index (χ0n) is 6.64. The first-order chi connectivity index (χ1) is 4.86.